The van der Waals surface area contributed by atoms with Crippen molar-refractivity contribution in [1.29, 1.82) is 0 Å². The van der Waals surface area contributed by atoms with Gasteiger partial charge in [-0.1, -0.05) is 41.5 Å². The minimum Gasteiger partial charge on any atom is -0.393 e. The highest BCUT2D eigenvalue weighted by Crippen LogP contribution is 2.65. The molecule has 0 spiro atoms. The summed E-state index contributed by atoms with van der Waals surface area (Å²) in [6, 6.07) is 0. The number of rotatable bonds is 0. The molecule has 0 saturated heterocycles. The van der Waals surface area contributed by atoms with Crippen LogP contribution >= 0.6 is 0 Å². The van der Waals surface area contributed by atoms with Gasteiger partial charge in [-0.15, -0.1) is 0 Å². The van der Waals surface area contributed by atoms with E-state index in [1.807, 2.05) is 6.92 Å². The third-order valence-corrected chi connectivity index (χ3v) is 9.20. The van der Waals surface area contributed by atoms with Gasteiger partial charge in [-0.25, -0.2) is 0 Å². The average Bonchev–Trinajstić information content (AvgIpc) is 2.90. The molecule has 132 valence electrons. The summed E-state index contributed by atoms with van der Waals surface area (Å²) in [7, 11) is 0. The van der Waals surface area contributed by atoms with Crippen LogP contribution in [0.1, 0.15) is 73.6 Å². The van der Waals surface area contributed by atoms with Crippen molar-refractivity contribution < 1.29 is 15.0 Å². The summed E-state index contributed by atoms with van der Waals surface area (Å²) < 4.78 is 0. The number of fused-ring (bicyclic) bond motifs is 4. The molecule has 3 nitrogen and oxygen atoms in total. The summed E-state index contributed by atoms with van der Waals surface area (Å²) in [6.07, 6.45) is 4.59. The smallest absolute Gasteiger partial charge is 0.139 e. The van der Waals surface area contributed by atoms with Gasteiger partial charge in [0.15, 0.2) is 0 Å². The van der Waals surface area contributed by atoms with E-state index in [2.05, 4.69) is 34.6 Å². The summed E-state index contributed by atoms with van der Waals surface area (Å²) in [4.78, 5) is 11.6. The Hall–Kier alpha value is -0.410. The summed E-state index contributed by atoms with van der Waals surface area (Å²) in [5, 5.41) is 19.5. The van der Waals surface area contributed by atoms with Crippen LogP contribution in [0.3, 0.4) is 0 Å². The first-order chi connectivity index (χ1) is 10.4. The van der Waals surface area contributed by atoms with E-state index in [1.165, 1.54) is 12.8 Å². The van der Waals surface area contributed by atoms with Gasteiger partial charge in [0, 0.05) is 11.8 Å². The highest BCUT2D eigenvalue weighted by molar-refractivity contribution is 5.89. The molecule has 4 fully saturated rings. The zero-order chi connectivity index (χ0) is 17.4. The fourth-order valence-electron chi connectivity index (χ4n) is 6.16. The van der Waals surface area contributed by atoms with Crippen LogP contribution in [0.2, 0.25) is 0 Å². The Bertz CT molecular complexity index is 523. The number of aliphatic hydroxyl groups is 2. The third-order valence-electron chi connectivity index (χ3n) is 9.20. The molecular formula is C20H34O3. The van der Waals surface area contributed by atoms with E-state index in [4.69, 9.17) is 0 Å². The van der Waals surface area contributed by atoms with Crippen molar-refractivity contribution in [1.82, 2.24) is 0 Å². The zero-order valence-corrected chi connectivity index (χ0v) is 15.6. The summed E-state index contributed by atoms with van der Waals surface area (Å²) in [5.41, 5.74) is 0.352. The van der Waals surface area contributed by atoms with Crippen LogP contribution in [-0.4, -0.2) is 28.2 Å². The molecule has 6 atom stereocenters. The fraction of sp³-hybridized carbons (Fsp3) is 0.950. The number of hydrogen-bond donors (Lipinski definition) is 2. The van der Waals surface area contributed by atoms with Crippen molar-refractivity contribution in [2.45, 2.75) is 85.9 Å². The Labute approximate surface area is 140 Å². The highest BCUT2D eigenvalue weighted by Gasteiger charge is 2.65. The molecular weight excluding hydrogens is 288 g/mol. The normalized spacial score (nSPS) is 51.7. The molecule has 4 bridgehead atoms. The molecule has 23 heavy (non-hydrogen) atoms. The van der Waals surface area contributed by atoms with Crippen molar-refractivity contribution in [3.8, 4) is 0 Å². The summed E-state index contributed by atoms with van der Waals surface area (Å²) in [5.74, 6) is 1.33. The molecule has 0 heterocycles. The SMILES string of the molecule is CC1(C)[C@@H]2CC[C@@]1(C)[C@H](O)C2.CC12CC(O)C(CC1=O)C2(C)C. The standard InChI is InChI=1S/C10H16O2.C10H18O/c1-9(2)6-4-8(12)10(9,3)5-7(6)11;1-9(2)7-4-5-10(9,3)8(11)6-7/h6-7,11H,4-5H2,1-3H3;7-8,11H,4-6H2,1-3H3/t;7-,8-,10+/m.1/s1. The molecule has 2 N–H and O–H groups in total. The third kappa shape index (κ3) is 1.99. The van der Waals surface area contributed by atoms with Crippen LogP contribution < -0.4 is 0 Å². The first-order valence-electron chi connectivity index (χ1n) is 9.27. The lowest BCUT2D eigenvalue weighted by Gasteiger charge is -2.36. The maximum absolute atomic E-state index is 11.6. The van der Waals surface area contributed by atoms with Gasteiger partial charge >= 0.3 is 0 Å². The van der Waals surface area contributed by atoms with E-state index in [-0.39, 0.29) is 34.4 Å². The van der Waals surface area contributed by atoms with Crippen LogP contribution in [-0.2, 0) is 4.79 Å². The molecule has 3 heteroatoms. The van der Waals surface area contributed by atoms with Gasteiger partial charge < -0.3 is 10.2 Å². The number of aliphatic hydroxyl groups excluding tert-OH is 2. The Morgan fingerprint density at radius 3 is 1.83 bits per heavy atom. The van der Waals surface area contributed by atoms with Gasteiger partial charge in [0.1, 0.15) is 5.78 Å². The molecule has 0 aliphatic heterocycles. The number of Topliss-reactive ketones (excluding diaryl/α,β-unsaturated/α-hetero) is 1. The lowest BCUT2D eigenvalue weighted by Crippen LogP contribution is -2.35. The predicted octanol–water partition coefficient (Wildman–Crippen LogP) is 3.57. The number of hydrogen-bond acceptors (Lipinski definition) is 3. The van der Waals surface area contributed by atoms with Crippen molar-refractivity contribution in [3.05, 3.63) is 0 Å². The average molecular weight is 322 g/mol. The minimum absolute atomic E-state index is 0.00347. The Kier molecular flexibility index (Phi) is 3.65. The van der Waals surface area contributed by atoms with E-state index in [0.717, 1.165) is 12.3 Å². The van der Waals surface area contributed by atoms with Gasteiger partial charge in [-0.2, -0.15) is 0 Å². The predicted molar refractivity (Wildman–Crippen MR) is 90.9 cm³/mol. The van der Waals surface area contributed by atoms with Crippen LogP contribution in [0.5, 0.6) is 0 Å². The number of ketones is 1. The maximum Gasteiger partial charge on any atom is 0.139 e. The van der Waals surface area contributed by atoms with Gasteiger partial charge in [-0.3, -0.25) is 4.79 Å². The quantitative estimate of drug-likeness (QED) is 0.717. The monoisotopic (exact) mass is 322 g/mol. The minimum atomic E-state index is -0.253. The van der Waals surface area contributed by atoms with E-state index in [9.17, 15) is 15.0 Å². The van der Waals surface area contributed by atoms with E-state index >= 15 is 0 Å². The van der Waals surface area contributed by atoms with Gasteiger partial charge in [0.2, 0.25) is 0 Å². The van der Waals surface area contributed by atoms with Crippen LogP contribution in [0.15, 0.2) is 0 Å². The molecule has 4 saturated carbocycles. The first-order valence-corrected chi connectivity index (χ1v) is 9.27. The van der Waals surface area contributed by atoms with Crippen LogP contribution in [0, 0.1) is 33.5 Å². The summed E-state index contributed by atoms with van der Waals surface area (Å²) >= 11 is 0. The molecule has 0 aromatic heterocycles. The molecule has 4 aliphatic carbocycles. The molecule has 4 rings (SSSR count). The van der Waals surface area contributed by atoms with Crippen molar-refractivity contribution in [2.24, 2.45) is 33.5 Å². The Balaban J connectivity index is 0.000000136. The second-order valence-corrected chi connectivity index (χ2v) is 10.2. The Morgan fingerprint density at radius 1 is 1.00 bits per heavy atom. The molecule has 0 aromatic carbocycles. The number of carbonyl (C=O) groups is 1. The summed E-state index contributed by atoms with van der Waals surface area (Å²) in [6.45, 7) is 13.1. The largest absolute Gasteiger partial charge is 0.393 e. The van der Waals surface area contributed by atoms with E-state index < -0.39 is 0 Å². The number of carbonyl (C=O) groups excluding carboxylic acids is 1. The van der Waals surface area contributed by atoms with E-state index in [1.54, 1.807) is 0 Å². The lowest BCUT2D eigenvalue weighted by molar-refractivity contribution is -0.129. The molecule has 0 amide bonds. The second-order valence-electron chi connectivity index (χ2n) is 10.2. The zero-order valence-electron chi connectivity index (χ0n) is 15.6. The highest BCUT2D eigenvalue weighted by atomic mass is 16.3. The van der Waals surface area contributed by atoms with Crippen LogP contribution in [0.25, 0.3) is 0 Å². The topological polar surface area (TPSA) is 57.5 Å². The van der Waals surface area contributed by atoms with Gasteiger partial charge in [0.05, 0.1) is 12.2 Å². The van der Waals surface area contributed by atoms with Crippen molar-refractivity contribution in [3.63, 3.8) is 0 Å². The van der Waals surface area contributed by atoms with Crippen molar-refractivity contribution in [2.75, 3.05) is 0 Å². The first kappa shape index (κ1) is 17.4. The molecule has 4 aliphatic rings. The van der Waals surface area contributed by atoms with Gasteiger partial charge in [-0.05, 0) is 53.8 Å². The lowest BCUT2D eigenvalue weighted by atomic mass is 9.70. The molecule has 0 radical (unpaired) electrons. The second kappa shape index (κ2) is 4.82. The van der Waals surface area contributed by atoms with Crippen molar-refractivity contribution >= 4 is 5.78 Å². The van der Waals surface area contributed by atoms with Crippen LogP contribution in [0.4, 0.5) is 0 Å². The fourth-order valence-corrected chi connectivity index (χ4v) is 6.16. The maximum atomic E-state index is 11.6. The van der Waals surface area contributed by atoms with Gasteiger partial charge in [0.25, 0.3) is 0 Å². The Morgan fingerprint density at radius 2 is 1.61 bits per heavy atom. The molecule has 3 unspecified atom stereocenters. The molecule has 0 aromatic rings. The van der Waals surface area contributed by atoms with E-state index in [0.29, 0.717) is 24.0 Å².